The second kappa shape index (κ2) is 8.99. The highest BCUT2D eigenvalue weighted by molar-refractivity contribution is 9.10. The first kappa shape index (κ1) is 20.0. The molecule has 0 aromatic heterocycles. The average Bonchev–Trinajstić information content (AvgIpc) is 2.98. The molecule has 2 N–H and O–H groups in total. The van der Waals surface area contributed by atoms with Crippen molar-refractivity contribution < 1.29 is 19.1 Å². The topological polar surface area (TPSA) is 87.7 Å². The lowest BCUT2D eigenvalue weighted by molar-refractivity contribution is -0.121. The molecule has 1 atom stereocenters. The maximum Gasteiger partial charge on any atom is 0.265 e. The van der Waals surface area contributed by atoms with E-state index in [0.717, 1.165) is 15.8 Å². The van der Waals surface area contributed by atoms with Crippen LogP contribution in [0.15, 0.2) is 53.0 Å². The predicted molar refractivity (Wildman–Crippen MR) is 108 cm³/mol. The summed E-state index contributed by atoms with van der Waals surface area (Å²) in [6, 6.07) is 12.8. The van der Waals surface area contributed by atoms with Crippen LogP contribution in [0.25, 0.3) is 0 Å². The monoisotopic (exact) mass is 445 g/mol. The van der Waals surface area contributed by atoms with Gasteiger partial charge in [-0.2, -0.15) is 0 Å². The summed E-state index contributed by atoms with van der Waals surface area (Å²) in [5.41, 5.74) is 6.06. The summed E-state index contributed by atoms with van der Waals surface area (Å²) >= 11 is 3.30. The summed E-state index contributed by atoms with van der Waals surface area (Å²) < 4.78 is 6.28. The van der Waals surface area contributed by atoms with Crippen molar-refractivity contribution in [2.45, 2.75) is 25.8 Å². The zero-order chi connectivity index (χ0) is 20.1. The molecule has 0 radical (unpaired) electrons. The van der Waals surface area contributed by atoms with E-state index in [-0.39, 0.29) is 12.3 Å². The molecule has 8 heteroatoms. The largest absolute Gasteiger partial charge is 0.494 e. The van der Waals surface area contributed by atoms with Gasteiger partial charge >= 0.3 is 0 Å². The number of hydrogen-bond acceptors (Lipinski definition) is 5. The molecular weight excluding hydrogens is 426 g/mol. The number of ether oxygens (including phenoxy) is 1. The van der Waals surface area contributed by atoms with Crippen molar-refractivity contribution in [1.82, 2.24) is 10.9 Å². The first-order valence-electron chi connectivity index (χ1n) is 8.90. The van der Waals surface area contributed by atoms with Crippen molar-refractivity contribution in [3.05, 3.63) is 58.6 Å². The molecule has 0 aliphatic carbocycles. The Kier molecular flexibility index (Phi) is 6.43. The van der Waals surface area contributed by atoms with Crippen LogP contribution in [0, 0.1) is 0 Å². The van der Waals surface area contributed by atoms with E-state index >= 15 is 0 Å². The Balaban J connectivity index is 1.62. The normalized spacial score (nSPS) is 16.4. The highest BCUT2D eigenvalue weighted by Crippen LogP contribution is 2.25. The third-order valence-electron chi connectivity index (χ3n) is 4.16. The van der Waals surface area contributed by atoms with Crippen LogP contribution in [0.1, 0.15) is 30.1 Å². The SMILES string of the molecule is CCCOc1ccc(N2C(=O)C[C@@H](NNC(=O)c3cccc(Br)c3)C2=O)cc1. The van der Waals surface area contributed by atoms with Gasteiger partial charge in [-0.15, -0.1) is 0 Å². The van der Waals surface area contributed by atoms with Gasteiger partial charge in [0.1, 0.15) is 11.8 Å². The van der Waals surface area contributed by atoms with E-state index in [9.17, 15) is 14.4 Å². The summed E-state index contributed by atoms with van der Waals surface area (Å²) in [6.45, 7) is 2.61. The molecule has 2 aromatic rings. The minimum atomic E-state index is -0.820. The van der Waals surface area contributed by atoms with Crippen LogP contribution in [0.4, 0.5) is 5.69 Å². The second-order valence-electron chi connectivity index (χ2n) is 6.28. The van der Waals surface area contributed by atoms with Gasteiger partial charge in [-0.3, -0.25) is 19.8 Å². The number of hydrazine groups is 1. The number of benzene rings is 2. The molecule has 3 rings (SSSR count). The van der Waals surface area contributed by atoms with Gasteiger partial charge in [-0.25, -0.2) is 10.3 Å². The molecule has 0 saturated carbocycles. The number of halogens is 1. The van der Waals surface area contributed by atoms with E-state index in [2.05, 4.69) is 26.8 Å². The van der Waals surface area contributed by atoms with Crippen molar-refractivity contribution in [2.24, 2.45) is 0 Å². The molecule has 1 saturated heterocycles. The fourth-order valence-corrected chi connectivity index (χ4v) is 3.18. The van der Waals surface area contributed by atoms with Crippen molar-refractivity contribution in [1.29, 1.82) is 0 Å². The number of hydrogen-bond donors (Lipinski definition) is 2. The molecule has 0 unspecified atom stereocenters. The highest BCUT2D eigenvalue weighted by atomic mass is 79.9. The molecule has 28 heavy (non-hydrogen) atoms. The lowest BCUT2D eigenvalue weighted by Gasteiger charge is -2.16. The Morgan fingerprint density at radius 3 is 2.64 bits per heavy atom. The van der Waals surface area contributed by atoms with Crippen LogP contribution in [0.5, 0.6) is 5.75 Å². The lowest BCUT2D eigenvalue weighted by atomic mass is 10.2. The third kappa shape index (κ3) is 4.58. The standard InChI is InChI=1S/C20H20BrN3O4/c1-2-10-28-16-8-6-15(7-9-16)24-18(25)12-17(20(24)27)22-23-19(26)13-4-3-5-14(21)11-13/h3-9,11,17,22H,2,10,12H2,1H3,(H,23,26)/t17-/m1/s1. The molecule has 3 amide bonds. The molecular formula is C20H20BrN3O4. The number of nitrogens with zero attached hydrogens (tertiary/aromatic N) is 1. The Morgan fingerprint density at radius 2 is 1.96 bits per heavy atom. The fraction of sp³-hybridized carbons (Fsp3) is 0.250. The second-order valence-corrected chi connectivity index (χ2v) is 7.19. The van der Waals surface area contributed by atoms with Gasteiger partial charge in [0.15, 0.2) is 0 Å². The summed E-state index contributed by atoms with van der Waals surface area (Å²) in [5, 5.41) is 0. The summed E-state index contributed by atoms with van der Waals surface area (Å²) in [6.07, 6.45) is 0.857. The Bertz CT molecular complexity index is 885. The predicted octanol–water partition coefficient (Wildman–Crippen LogP) is 2.80. The zero-order valence-corrected chi connectivity index (χ0v) is 16.9. The van der Waals surface area contributed by atoms with E-state index in [0.29, 0.717) is 23.6 Å². The first-order valence-corrected chi connectivity index (χ1v) is 9.70. The number of carbonyl (C=O) groups excluding carboxylic acids is 3. The van der Waals surface area contributed by atoms with E-state index in [1.165, 1.54) is 0 Å². The molecule has 1 heterocycles. The quantitative estimate of drug-likeness (QED) is 0.505. The maximum absolute atomic E-state index is 12.6. The fourth-order valence-electron chi connectivity index (χ4n) is 2.78. The van der Waals surface area contributed by atoms with Crippen molar-refractivity contribution >= 4 is 39.3 Å². The van der Waals surface area contributed by atoms with Gasteiger partial charge in [0, 0.05) is 10.0 Å². The number of carbonyl (C=O) groups is 3. The van der Waals surface area contributed by atoms with Crippen molar-refractivity contribution in [3.63, 3.8) is 0 Å². The zero-order valence-electron chi connectivity index (χ0n) is 15.3. The van der Waals surface area contributed by atoms with Gasteiger partial charge < -0.3 is 4.74 Å². The maximum atomic E-state index is 12.6. The molecule has 146 valence electrons. The van der Waals surface area contributed by atoms with Crippen LogP contribution in [0.2, 0.25) is 0 Å². The summed E-state index contributed by atoms with van der Waals surface area (Å²) in [4.78, 5) is 38.3. The molecule has 7 nitrogen and oxygen atoms in total. The molecule has 1 aliphatic heterocycles. The van der Waals surface area contributed by atoms with Crippen LogP contribution in [0.3, 0.4) is 0 Å². The number of imide groups is 1. The van der Waals surface area contributed by atoms with Gasteiger partial charge in [-0.05, 0) is 48.9 Å². The van der Waals surface area contributed by atoms with E-state index in [1.807, 2.05) is 6.92 Å². The molecule has 0 bridgehead atoms. The minimum absolute atomic E-state index is 0.0360. The summed E-state index contributed by atoms with van der Waals surface area (Å²) in [7, 11) is 0. The molecule has 0 spiro atoms. The van der Waals surface area contributed by atoms with Crippen molar-refractivity contribution in [2.75, 3.05) is 11.5 Å². The van der Waals surface area contributed by atoms with E-state index < -0.39 is 17.9 Å². The number of anilines is 1. The van der Waals surface area contributed by atoms with Crippen molar-refractivity contribution in [3.8, 4) is 5.75 Å². The van der Waals surface area contributed by atoms with Gasteiger partial charge in [0.25, 0.3) is 11.8 Å². The Hall–Kier alpha value is -2.71. The number of rotatable bonds is 7. The smallest absolute Gasteiger partial charge is 0.265 e. The number of nitrogens with one attached hydrogen (secondary N) is 2. The molecule has 1 aliphatic rings. The van der Waals surface area contributed by atoms with Crippen LogP contribution < -0.4 is 20.5 Å². The molecule has 2 aromatic carbocycles. The summed E-state index contributed by atoms with van der Waals surface area (Å²) in [5.74, 6) is -0.457. The lowest BCUT2D eigenvalue weighted by Crippen LogP contribution is -2.48. The minimum Gasteiger partial charge on any atom is -0.494 e. The van der Waals surface area contributed by atoms with Crippen LogP contribution in [-0.2, 0) is 9.59 Å². The van der Waals surface area contributed by atoms with Crippen LogP contribution >= 0.6 is 15.9 Å². The first-order chi connectivity index (χ1) is 13.5. The number of amides is 3. The average molecular weight is 446 g/mol. The van der Waals surface area contributed by atoms with Gasteiger partial charge in [0.2, 0.25) is 5.91 Å². The van der Waals surface area contributed by atoms with Gasteiger partial charge in [-0.1, -0.05) is 28.9 Å². The van der Waals surface area contributed by atoms with Crippen LogP contribution in [-0.4, -0.2) is 30.4 Å². The Labute approximate surface area is 171 Å². The third-order valence-corrected chi connectivity index (χ3v) is 4.65. The van der Waals surface area contributed by atoms with E-state index in [1.54, 1.807) is 48.5 Å². The molecule has 1 fully saturated rings. The Morgan fingerprint density at radius 1 is 1.21 bits per heavy atom. The highest BCUT2D eigenvalue weighted by Gasteiger charge is 2.39. The van der Waals surface area contributed by atoms with E-state index in [4.69, 9.17) is 4.74 Å². The van der Waals surface area contributed by atoms with Gasteiger partial charge in [0.05, 0.1) is 18.7 Å².